The molecule has 2 atom stereocenters. The zero-order valence-corrected chi connectivity index (χ0v) is 18.6. The lowest BCUT2D eigenvalue weighted by Gasteiger charge is -2.21. The van der Waals surface area contributed by atoms with E-state index in [2.05, 4.69) is 22.1 Å². The van der Waals surface area contributed by atoms with Crippen LogP contribution >= 0.6 is 0 Å². The second kappa shape index (κ2) is 8.53. The first kappa shape index (κ1) is 22.5. The van der Waals surface area contributed by atoms with E-state index in [9.17, 15) is 13.2 Å². The van der Waals surface area contributed by atoms with Gasteiger partial charge in [-0.1, -0.05) is 5.92 Å². The van der Waals surface area contributed by atoms with Crippen molar-refractivity contribution in [2.24, 2.45) is 5.92 Å². The summed E-state index contributed by atoms with van der Waals surface area (Å²) in [5.41, 5.74) is 0.784. The standard InChI is InChI=1S/C21H28N2O6S/c1-5-27-21(14-28-21)17-12-22-16(9-8-15-7-6-10-30(25,26)13-15)11-18(17)23-19(24)29-20(2,3)4/h11-12,15H,5-7,10,13-14H2,1-4H3,(H,22,23,24). The van der Waals surface area contributed by atoms with Gasteiger partial charge in [-0.25, -0.2) is 18.2 Å². The summed E-state index contributed by atoms with van der Waals surface area (Å²) >= 11 is 0. The van der Waals surface area contributed by atoms with E-state index >= 15 is 0 Å². The van der Waals surface area contributed by atoms with E-state index in [-0.39, 0.29) is 17.4 Å². The molecule has 3 heterocycles. The van der Waals surface area contributed by atoms with Crippen LogP contribution < -0.4 is 5.32 Å². The Bertz CT molecular complexity index is 967. The number of ether oxygens (including phenoxy) is 3. The molecule has 2 aliphatic heterocycles. The predicted molar refractivity (Wildman–Crippen MR) is 112 cm³/mol. The normalized spacial score (nSPS) is 25.0. The molecule has 164 valence electrons. The summed E-state index contributed by atoms with van der Waals surface area (Å²) in [4.78, 5) is 16.7. The fraction of sp³-hybridized carbons (Fsp3) is 0.619. The third-order valence-electron chi connectivity index (χ3n) is 4.60. The van der Waals surface area contributed by atoms with Crippen molar-refractivity contribution in [2.75, 3.05) is 30.0 Å². The van der Waals surface area contributed by atoms with Crippen LogP contribution in [0.5, 0.6) is 0 Å². The fourth-order valence-electron chi connectivity index (χ4n) is 3.27. The van der Waals surface area contributed by atoms with E-state index in [1.165, 1.54) is 0 Å². The number of hydrogen-bond acceptors (Lipinski definition) is 7. The average Bonchev–Trinajstić information content (AvgIpc) is 3.38. The van der Waals surface area contributed by atoms with Crippen molar-refractivity contribution in [2.45, 2.75) is 51.9 Å². The molecule has 0 spiro atoms. The molecule has 3 rings (SSSR count). The Morgan fingerprint density at radius 3 is 2.77 bits per heavy atom. The summed E-state index contributed by atoms with van der Waals surface area (Å²) < 4.78 is 40.2. The van der Waals surface area contributed by atoms with Crippen LogP contribution in [0.1, 0.15) is 51.8 Å². The molecule has 9 heteroatoms. The van der Waals surface area contributed by atoms with E-state index in [0.29, 0.717) is 36.6 Å². The van der Waals surface area contributed by atoms with Crippen LogP contribution in [0.4, 0.5) is 10.5 Å². The number of rotatable bonds is 4. The highest BCUT2D eigenvalue weighted by Gasteiger charge is 2.50. The van der Waals surface area contributed by atoms with Gasteiger partial charge in [-0.3, -0.25) is 5.32 Å². The Balaban J connectivity index is 1.86. The molecule has 2 fully saturated rings. The summed E-state index contributed by atoms with van der Waals surface area (Å²) in [5, 5.41) is 2.74. The van der Waals surface area contributed by atoms with Crippen LogP contribution in [0.3, 0.4) is 0 Å². The summed E-state index contributed by atoms with van der Waals surface area (Å²) in [7, 11) is -3.03. The second-order valence-corrected chi connectivity index (χ2v) is 10.7. The van der Waals surface area contributed by atoms with Gasteiger partial charge >= 0.3 is 6.09 Å². The maximum absolute atomic E-state index is 12.3. The minimum Gasteiger partial charge on any atom is -0.444 e. The number of amides is 1. The molecule has 0 aromatic carbocycles. The molecule has 30 heavy (non-hydrogen) atoms. The van der Waals surface area contributed by atoms with Crippen LogP contribution in [0.15, 0.2) is 12.3 Å². The highest BCUT2D eigenvalue weighted by Crippen LogP contribution is 2.43. The van der Waals surface area contributed by atoms with Crippen molar-refractivity contribution >= 4 is 21.6 Å². The second-order valence-electron chi connectivity index (χ2n) is 8.44. The molecule has 8 nitrogen and oxygen atoms in total. The number of carbonyl (C=O) groups excluding carboxylic acids is 1. The molecular formula is C21H28N2O6S. The number of carbonyl (C=O) groups is 1. The van der Waals surface area contributed by atoms with E-state index in [0.717, 1.165) is 6.42 Å². The van der Waals surface area contributed by atoms with Gasteiger partial charge in [0, 0.05) is 18.7 Å². The molecule has 0 radical (unpaired) electrons. The highest BCUT2D eigenvalue weighted by molar-refractivity contribution is 7.91. The van der Waals surface area contributed by atoms with Gasteiger partial charge in [-0.05, 0) is 52.5 Å². The zero-order chi connectivity index (χ0) is 22.0. The number of aromatic nitrogens is 1. The van der Waals surface area contributed by atoms with Crippen molar-refractivity contribution in [1.29, 1.82) is 0 Å². The van der Waals surface area contributed by atoms with E-state index in [1.54, 1.807) is 33.0 Å². The van der Waals surface area contributed by atoms with Gasteiger partial charge in [0.15, 0.2) is 9.84 Å². The Kier molecular flexibility index (Phi) is 6.41. The lowest BCUT2D eigenvalue weighted by Crippen LogP contribution is -2.28. The van der Waals surface area contributed by atoms with Crippen LogP contribution in [0.2, 0.25) is 0 Å². The smallest absolute Gasteiger partial charge is 0.412 e. The Hall–Kier alpha value is -2.15. The summed E-state index contributed by atoms with van der Waals surface area (Å²) in [5.74, 6) is 5.11. The van der Waals surface area contributed by atoms with Gasteiger partial charge in [0.05, 0.1) is 22.8 Å². The molecular weight excluding hydrogens is 408 g/mol. The maximum atomic E-state index is 12.3. The predicted octanol–water partition coefficient (Wildman–Crippen LogP) is 2.82. The number of pyridine rings is 1. The number of anilines is 1. The SMILES string of the molecule is CCOC1(c2cnc(C#CC3CCCS(=O)(=O)C3)cc2NC(=O)OC(C)(C)C)CO1. The van der Waals surface area contributed by atoms with Gasteiger partial charge in [0.1, 0.15) is 17.9 Å². The summed E-state index contributed by atoms with van der Waals surface area (Å²) in [6.45, 7) is 7.98. The topological polar surface area (TPSA) is 107 Å². The molecule has 1 aromatic heterocycles. The van der Waals surface area contributed by atoms with Gasteiger partial charge in [-0.15, -0.1) is 0 Å². The zero-order valence-electron chi connectivity index (χ0n) is 17.8. The fourth-order valence-corrected chi connectivity index (χ4v) is 4.91. The van der Waals surface area contributed by atoms with Crippen LogP contribution in [0.25, 0.3) is 0 Å². The number of nitrogens with zero attached hydrogens (tertiary/aromatic N) is 1. The molecule has 2 saturated heterocycles. The molecule has 1 aromatic rings. The maximum Gasteiger partial charge on any atom is 0.412 e. The van der Waals surface area contributed by atoms with Crippen molar-refractivity contribution in [3.05, 3.63) is 23.5 Å². The number of sulfone groups is 1. The average molecular weight is 437 g/mol. The van der Waals surface area contributed by atoms with Crippen molar-refractivity contribution in [1.82, 2.24) is 4.98 Å². The molecule has 0 saturated carbocycles. The van der Waals surface area contributed by atoms with Gasteiger partial charge < -0.3 is 14.2 Å². The molecule has 0 bridgehead atoms. The lowest BCUT2D eigenvalue weighted by molar-refractivity contribution is -0.0413. The van der Waals surface area contributed by atoms with Gasteiger partial charge in [-0.2, -0.15) is 0 Å². The monoisotopic (exact) mass is 436 g/mol. The number of epoxide rings is 1. The van der Waals surface area contributed by atoms with Gasteiger partial charge in [0.25, 0.3) is 0 Å². The van der Waals surface area contributed by atoms with Crippen molar-refractivity contribution < 1.29 is 27.4 Å². The molecule has 1 amide bonds. The minimum absolute atomic E-state index is 0.0718. The Morgan fingerprint density at radius 2 is 2.17 bits per heavy atom. The highest BCUT2D eigenvalue weighted by atomic mass is 32.2. The van der Waals surface area contributed by atoms with Crippen molar-refractivity contribution in [3.63, 3.8) is 0 Å². The van der Waals surface area contributed by atoms with E-state index in [4.69, 9.17) is 14.2 Å². The largest absolute Gasteiger partial charge is 0.444 e. The first-order valence-electron chi connectivity index (χ1n) is 10.0. The quantitative estimate of drug-likeness (QED) is 0.571. The molecule has 0 aliphatic carbocycles. The molecule has 1 N–H and O–H groups in total. The first-order chi connectivity index (χ1) is 14.0. The van der Waals surface area contributed by atoms with Crippen LogP contribution in [0, 0.1) is 17.8 Å². The van der Waals surface area contributed by atoms with Crippen LogP contribution in [-0.2, 0) is 29.8 Å². The minimum atomic E-state index is -3.03. The Labute approximate surface area is 177 Å². The Morgan fingerprint density at radius 1 is 1.43 bits per heavy atom. The summed E-state index contributed by atoms with van der Waals surface area (Å²) in [6, 6.07) is 1.63. The molecule has 2 unspecified atom stereocenters. The number of hydrogen-bond donors (Lipinski definition) is 1. The first-order valence-corrected chi connectivity index (χ1v) is 11.8. The third-order valence-corrected chi connectivity index (χ3v) is 6.42. The van der Waals surface area contributed by atoms with Crippen molar-refractivity contribution in [3.8, 4) is 11.8 Å². The van der Waals surface area contributed by atoms with Gasteiger partial charge in [0.2, 0.25) is 5.79 Å². The third kappa shape index (κ3) is 5.94. The lowest BCUT2D eigenvalue weighted by atomic mass is 10.1. The summed E-state index contributed by atoms with van der Waals surface area (Å²) in [6.07, 6.45) is 2.32. The van der Waals surface area contributed by atoms with Crippen LogP contribution in [-0.4, -0.2) is 49.8 Å². The van der Waals surface area contributed by atoms with E-state index < -0.39 is 27.3 Å². The van der Waals surface area contributed by atoms with E-state index in [1.807, 2.05) is 6.92 Å². The number of nitrogens with one attached hydrogen (secondary N) is 1. The molecule has 2 aliphatic rings.